The van der Waals surface area contributed by atoms with E-state index in [1.54, 1.807) is 49.0 Å². The quantitative estimate of drug-likeness (QED) is 0.792. The number of para-hydroxylation sites is 3. The highest BCUT2D eigenvalue weighted by molar-refractivity contribution is 6.04. The first kappa shape index (κ1) is 16.2. The van der Waals surface area contributed by atoms with Crippen LogP contribution >= 0.6 is 0 Å². The minimum atomic E-state index is -0.429. The first-order valence-electron chi connectivity index (χ1n) is 7.52. The minimum absolute atomic E-state index is 0.179. The number of hydrogen-bond donors (Lipinski definition) is 1. The fourth-order valence-electron chi connectivity index (χ4n) is 2.44. The van der Waals surface area contributed by atoms with Crippen LogP contribution in [-0.2, 0) is 0 Å². The van der Waals surface area contributed by atoms with Gasteiger partial charge in [-0.1, -0.05) is 29.5 Å². The van der Waals surface area contributed by atoms with Gasteiger partial charge in [-0.15, -0.1) is 5.10 Å². The lowest BCUT2D eigenvalue weighted by atomic mass is 10.2. The Morgan fingerprint density at radius 2 is 1.92 bits per heavy atom. The van der Waals surface area contributed by atoms with Crippen molar-refractivity contribution in [3.05, 3.63) is 65.5 Å². The molecule has 0 radical (unpaired) electrons. The van der Waals surface area contributed by atoms with Gasteiger partial charge in [0.1, 0.15) is 17.5 Å². The van der Waals surface area contributed by atoms with Crippen molar-refractivity contribution in [1.82, 2.24) is 15.0 Å². The maximum absolute atomic E-state index is 12.5. The molecule has 7 heteroatoms. The number of nitriles is 1. The lowest BCUT2D eigenvalue weighted by Crippen LogP contribution is -2.15. The largest absolute Gasteiger partial charge is 0.494 e. The fourth-order valence-corrected chi connectivity index (χ4v) is 2.44. The molecule has 0 aliphatic rings. The number of amides is 1. The smallest absolute Gasteiger partial charge is 0.278 e. The number of carbonyl (C=O) groups excluding carboxylic acids is 1. The molecule has 1 heterocycles. The number of anilines is 1. The van der Waals surface area contributed by atoms with Crippen molar-refractivity contribution in [2.45, 2.75) is 6.92 Å². The number of aromatic nitrogens is 3. The predicted molar refractivity (Wildman–Crippen MR) is 91.8 cm³/mol. The molecule has 2 aromatic carbocycles. The monoisotopic (exact) mass is 333 g/mol. The summed E-state index contributed by atoms with van der Waals surface area (Å²) in [6.45, 7) is 1.75. The van der Waals surface area contributed by atoms with E-state index in [0.717, 1.165) is 0 Å². The molecule has 0 aliphatic carbocycles. The van der Waals surface area contributed by atoms with Crippen LogP contribution in [0.4, 0.5) is 5.69 Å². The summed E-state index contributed by atoms with van der Waals surface area (Å²) < 4.78 is 6.87. The molecule has 124 valence electrons. The van der Waals surface area contributed by atoms with E-state index in [0.29, 0.717) is 28.4 Å². The molecule has 0 fully saturated rings. The lowest BCUT2D eigenvalue weighted by molar-refractivity contribution is 0.102. The van der Waals surface area contributed by atoms with Gasteiger partial charge in [0, 0.05) is 0 Å². The van der Waals surface area contributed by atoms with Gasteiger partial charge in [-0.2, -0.15) is 5.26 Å². The van der Waals surface area contributed by atoms with Crippen LogP contribution in [0.2, 0.25) is 0 Å². The maximum atomic E-state index is 12.5. The molecule has 3 aromatic rings. The second-order valence-corrected chi connectivity index (χ2v) is 5.22. The zero-order valence-corrected chi connectivity index (χ0v) is 13.7. The number of nitrogens with one attached hydrogen (secondary N) is 1. The van der Waals surface area contributed by atoms with Crippen molar-refractivity contribution >= 4 is 11.6 Å². The SMILES string of the molecule is COc1ccccc1-n1nnc(C(=O)Nc2ccccc2C#N)c1C. The second-order valence-electron chi connectivity index (χ2n) is 5.22. The summed E-state index contributed by atoms with van der Waals surface area (Å²) in [7, 11) is 1.57. The van der Waals surface area contributed by atoms with Gasteiger partial charge in [0.25, 0.3) is 5.91 Å². The number of carbonyl (C=O) groups is 1. The fraction of sp³-hybridized carbons (Fsp3) is 0.111. The van der Waals surface area contributed by atoms with Gasteiger partial charge in [0.05, 0.1) is 24.1 Å². The molecule has 0 atom stereocenters. The molecule has 7 nitrogen and oxygen atoms in total. The molecule has 0 spiro atoms. The number of ether oxygens (including phenoxy) is 1. The van der Waals surface area contributed by atoms with Crippen LogP contribution < -0.4 is 10.1 Å². The third-order valence-corrected chi connectivity index (χ3v) is 3.72. The number of rotatable bonds is 4. The third kappa shape index (κ3) is 3.05. The van der Waals surface area contributed by atoms with Gasteiger partial charge < -0.3 is 10.1 Å². The van der Waals surface area contributed by atoms with Crippen molar-refractivity contribution in [3.8, 4) is 17.5 Å². The van der Waals surface area contributed by atoms with E-state index < -0.39 is 5.91 Å². The van der Waals surface area contributed by atoms with E-state index in [9.17, 15) is 4.79 Å². The maximum Gasteiger partial charge on any atom is 0.278 e. The Labute approximate surface area is 144 Å². The van der Waals surface area contributed by atoms with Crippen molar-refractivity contribution in [3.63, 3.8) is 0 Å². The van der Waals surface area contributed by atoms with Crippen molar-refractivity contribution in [2.24, 2.45) is 0 Å². The van der Waals surface area contributed by atoms with E-state index in [1.165, 1.54) is 0 Å². The molecule has 0 aliphatic heterocycles. The summed E-state index contributed by atoms with van der Waals surface area (Å²) in [6, 6.07) is 16.1. The Balaban J connectivity index is 1.93. The van der Waals surface area contributed by atoms with Crippen LogP contribution in [0.15, 0.2) is 48.5 Å². The number of benzene rings is 2. The lowest BCUT2D eigenvalue weighted by Gasteiger charge is -2.09. The van der Waals surface area contributed by atoms with Crippen LogP contribution in [0.5, 0.6) is 5.75 Å². The average molecular weight is 333 g/mol. The number of hydrogen-bond acceptors (Lipinski definition) is 5. The molecular weight excluding hydrogens is 318 g/mol. The number of nitrogens with zero attached hydrogens (tertiary/aromatic N) is 4. The van der Waals surface area contributed by atoms with E-state index in [-0.39, 0.29) is 5.69 Å². The summed E-state index contributed by atoms with van der Waals surface area (Å²) in [5, 5.41) is 19.9. The zero-order valence-electron chi connectivity index (χ0n) is 13.7. The third-order valence-electron chi connectivity index (χ3n) is 3.72. The Hall–Kier alpha value is -3.66. The second kappa shape index (κ2) is 6.84. The first-order chi connectivity index (χ1) is 12.2. The zero-order chi connectivity index (χ0) is 17.8. The summed E-state index contributed by atoms with van der Waals surface area (Å²) in [5.74, 6) is 0.193. The van der Waals surface area contributed by atoms with Crippen LogP contribution in [0.25, 0.3) is 5.69 Å². The van der Waals surface area contributed by atoms with E-state index in [4.69, 9.17) is 10.00 Å². The van der Waals surface area contributed by atoms with Gasteiger partial charge in [0.2, 0.25) is 0 Å². The highest BCUT2D eigenvalue weighted by Gasteiger charge is 2.19. The molecule has 1 N–H and O–H groups in total. The normalized spacial score (nSPS) is 10.1. The van der Waals surface area contributed by atoms with E-state index in [1.807, 2.05) is 24.3 Å². The van der Waals surface area contributed by atoms with Crippen molar-refractivity contribution in [2.75, 3.05) is 12.4 Å². The molecule has 25 heavy (non-hydrogen) atoms. The Morgan fingerprint density at radius 3 is 2.68 bits per heavy atom. The minimum Gasteiger partial charge on any atom is -0.494 e. The standard InChI is InChI=1S/C18H15N5O2/c1-12-17(18(24)20-14-8-4-3-7-13(14)11-19)21-22-23(12)15-9-5-6-10-16(15)25-2/h3-10H,1-2H3,(H,20,24). The van der Waals surface area contributed by atoms with Crippen molar-refractivity contribution in [1.29, 1.82) is 5.26 Å². The summed E-state index contributed by atoms with van der Waals surface area (Å²) in [6.07, 6.45) is 0. The first-order valence-corrected chi connectivity index (χ1v) is 7.52. The molecule has 0 unspecified atom stereocenters. The average Bonchev–Trinajstić information content (AvgIpc) is 3.03. The molecular formula is C18H15N5O2. The number of methoxy groups -OCH3 is 1. The molecule has 0 bridgehead atoms. The Kier molecular flexibility index (Phi) is 4.44. The molecule has 1 aromatic heterocycles. The van der Waals surface area contributed by atoms with Crippen LogP contribution in [0.1, 0.15) is 21.7 Å². The van der Waals surface area contributed by atoms with Gasteiger partial charge in [0.15, 0.2) is 5.69 Å². The molecule has 0 saturated carbocycles. The van der Waals surface area contributed by atoms with Crippen molar-refractivity contribution < 1.29 is 9.53 Å². The van der Waals surface area contributed by atoms with Gasteiger partial charge in [-0.3, -0.25) is 4.79 Å². The summed E-state index contributed by atoms with van der Waals surface area (Å²) in [5.41, 5.74) is 2.24. The Bertz CT molecular complexity index is 972. The summed E-state index contributed by atoms with van der Waals surface area (Å²) in [4.78, 5) is 12.5. The predicted octanol–water partition coefficient (Wildman–Crippen LogP) is 2.71. The highest BCUT2D eigenvalue weighted by atomic mass is 16.5. The van der Waals surface area contributed by atoms with Gasteiger partial charge in [-0.25, -0.2) is 4.68 Å². The topological polar surface area (TPSA) is 92.8 Å². The summed E-state index contributed by atoms with van der Waals surface area (Å²) >= 11 is 0. The molecule has 3 rings (SSSR count). The molecule has 0 saturated heterocycles. The van der Waals surface area contributed by atoms with E-state index in [2.05, 4.69) is 15.6 Å². The van der Waals surface area contributed by atoms with Gasteiger partial charge >= 0.3 is 0 Å². The Morgan fingerprint density at radius 1 is 1.20 bits per heavy atom. The van der Waals surface area contributed by atoms with Crippen LogP contribution in [-0.4, -0.2) is 28.0 Å². The van der Waals surface area contributed by atoms with Crippen LogP contribution in [0.3, 0.4) is 0 Å². The van der Waals surface area contributed by atoms with E-state index >= 15 is 0 Å². The van der Waals surface area contributed by atoms with Gasteiger partial charge in [-0.05, 0) is 31.2 Å². The highest BCUT2D eigenvalue weighted by Crippen LogP contribution is 2.23. The molecule has 1 amide bonds. The van der Waals surface area contributed by atoms with Crippen LogP contribution in [0, 0.1) is 18.3 Å².